The molecule has 1 fully saturated rings. The fraction of sp³-hybridized carbons (Fsp3) is 0.231. The molecule has 1 saturated heterocycles. The number of rotatable bonds is 9. The van der Waals surface area contributed by atoms with Gasteiger partial charge in [-0.3, -0.25) is 14.5 Å². The van der Waals surface area contributed by atoms with Crippen molar-refractivity contribution in [2.75, 3.05) is 23.9 Å². The van der Waals surface area contributed by atoms with E-state index in [1.807, 2.05) is 17.5 Å². The van der Waals surface area contributed by atoms with Crippen LogP contribution < -0.4 is 15.0 Å². The van der Waals surface area contributed by atoms with Gasteiger partial charge in [0.25, 0.3) is 5.91 Å². The average molecular weight is 524 g/mol. The van der Waals surface area contributed by atoms with E-state index in [9.17, 15) is 14.4 Å². The zero-order valence-corrected chi connectivity index (χ0v) is 21.4. The van der Waals surface area contributed by atoms with Gasteiger partial charge in [0.2, 0.25) is 5.91 Å². The Labute approximate surface area is 218 Å². The summed E-state index contributed by atoms with van der Waals surface area (Å²) < 4.78 is 10.2. The topological polar surface area (TPSA) is 88.2 Å². The molecule has 4 rings (SSSR count). The standard InChI is InChI=1S/C26H25N3O5S2/c1-3-34-25(32)17-6-10-19(11-7-17)29-24(31)22(28(26(29)35)16-21-5-4-14-36-21)15-23(30)27-18-8-12-20(33-2)13-9-18/h4-14,22H,3,15-16H2,1-2H3,(H,27,30). The number of hydrogen-bond acceptors (Lipinski definition) is 7. The lowest BCUT2D eigenvalue weighted by Crippen LogP contribution is -2.37. The van der Waals surface area contributed by atoms with Crippen molar-refractivity contribution >= 4 is 57.8 Å². The Bertz CT molecular complexity index is 1240. The van der Waals surface area contributed by atoms with E-state index in [-0.39, 0.29) is 24.8 Å². The minimum Gasteiger partial charge on any atom is -0.497 e. The van der Waals surface area contributed by atoms with Gasteiger partial charge in [-0.25, -0.2) is 4.79 Å². The molecule has 1 aliphatic rings. The molecular formula is C26H25N3O5S2. The van der Waals surface area contributed by atoms with Crippen LogP contribution in [0.25, 0.3) is 0 Å². The van der Waals surface area contributed by atoms with Crippen LogP contribution in [0.1, 0.15) is 28.6 Å². The maximum Gasteiger partial charge on any atom is 0.338 e. The summed E-state index contributed by atoms with van der Waals surface area (Å²) in [4.78, 5) is 42.7. The average Bonchev–Trinajstić information content (AvgIpc) is 3.47. The normalized spacial score (nSPS) is 15.2. The van der Waals surface area contributed by atoms with Crippen molar-refractivity contribution in [1.82, 2.24) is 4.90 Å². The Morgan fingerprint density at radius 1 is 1.08 bits per heavy atom. The van der Waals surface area contributed by atoms with E-state index < -0.39 is 12.0 Å². The lowest BCUT2D eigenvalue weighted by atomic mass is 10.1. The summed E-state index contributed by atoms with van der Waals surface area (Å²) in [6.07, 6.45) is -0.0756. The molecule has 2 heterocycles. The zero-order chi connectivity index (χ0) is 25.7. The van der Waals surface area contributed by atoms with E-state index >= 15 is 0 Å². The monoisotopic (exact) mass is 523 g/mol. The van der Waals surface area contributed by atoms with Gasteiger partial charge in [0.15, 0.2) is 5.11 Å². The zero-order valence-electron chi connectivity index (χ0n) is 19.8. The predicted molar refractivity (Wildman–Crippen MR) is 142 cm³/mol. The maximum absolute atomic E-state index is 13.6. The number of amides is 2. The molecule has 2 amide bonds. The van der Waals surface area contributed by atoms with Gasteiger partial charge in [0.1, 0.15) is 11.8 Å². The molecule has 1 unspecified atom stereocenters. The molecule has 1 aliphatic heterocycles. The predicted octanol–water partition coefficient (Wildman–Crippen LogP) is 4.46. The number of thiocarbonyl (C=S) groups is 1. The van der Waals surface area contributed by atoms with Crippen molar-refractivity contribution in [1.29, 1.82) is 0 Å². The summed E-state index contributed by atoms with van der Waals surface area (Å²) in [5.41, 5.74) is 1.50. The molecule has 0 aliphatic carbocycles. The summed E-state index contributed by atoms with van der Waals surface area (Å²) in [5, 5.41) is 5.09. The third-order valence-electron chi connectivity index (χ3n) is 5.61. The number of ether oxygens (including phenoxy) is 2. The molecule has 0 saturated carbocycles. The molecule has 2 aromatic carbocycles. The van der Waals surface area contributed by atoms with E-state index in [1.54, 1.807) is 78.8 Å². The Morgan fingerprint density at radius 2 is 1.81 bits per heavy atom. The van der Waals surface area contributed by atoms with Gasteiger partial charge in [0.05, 0.1) is 37.9 Å². The van der Waals surface area contributed by atoms with Gasteiger partial charge in [-0.1, -0.05) is 6.07 Å². The summed E-state index contributed by atoms with van der Waals surface area (Å²) in [6.45, 7) is 2.41. The van der Waals surface area contributed by atoms with Gasteiger partial charge >= 0.3 is 5.97 Å². The van der Waals surface area contributed by atoms with Gasteiger partial charge in [-0.15, -0.1) is 11.3 Å². The SMILES string of the molecule is CCOC(=O)c1ccc(N2C(=O)C(CC(=O)Nc3ccc(OC)cc3)N(Cc3cccs3)C2=S)cc1. The van der Waals surface area contributed by atoms with Gasteiger partial charge in [-0.2, -0.15) is 0 Å². The van der Waals surface area contributed by atoms with Crippen LogP contribution in [-0.2, 0) is 20.9 Å². The van der Waals surface area contributed by atoms with E-state index in [4.69, 9.17) is 21.7 Å². The van der Waals surface area contributed by atoms with Crippen LogP contribution in [0.3, 0.4) is 0 Å². The van der Waals surface area contributed by atoms with E-state index in [2.05, 4.69) is 5.32 Å². The van der Waals surface area contributed by atoms with Crippen LogP contribution in [0.15, 0.2) is 66.0 Å². The molecule has 0 spiro atoms. The highest BCUT2D eigenvalue weighted by atomic mass is 32.1. The Hall–Kier alpha value is -3.76. The van der Waals surface area contributed by atoms with Crippen LogP contribution in [0, 0.1) is 0 Å². The van der Waals surface area contributed by atoms with Crippen molar-refractivity contribution < 1.29 is 23.9 Å². The number of benzene rings is 2. The van der Waals surface area contributed by atoms with Crippen molar-refractivity contribution in [2.24, 2.45) is 0 Å². The van der Waals surface area contributed by atoms with E-state index in [0.717, 1.165) is 4.88 Å². The number of thiophene rings is 1. The van der Waals surface area contributed by atoms with Crippen molar-refractivity contribution in [3.8, 4) is 5.75 Å². The smallest absolute Gasteiger partial charge is 0.338 e. The van der Waals surface area contributed by atoms with Gasteiger partial charge in [0, 0.05) is 10.6 Å². The molecule has 8 nitrogen and oxygen atoms in total. The second kappa shape index (κ2) is 11.3. The largest absolute Gasteiger partial charge is 0.497 e. The fourth-order valence-electron chi connectivity index (χ4n) is 3.84. The Kier molecular flexibility index (Phi) is 7.97. The number of carbonyl (C=O) groups is 3. The van der Waals surface area contributed by atoms with Crippen LogP contribution in [0.2, 0.25) is 0 Å². The number of hydrogen-bond donors (Lipinski definition) is 1. The summed E-state index contributed by atoms with van der Waals surface area (Å²) >= 11 is 7.26. The summed E-state index contributed by atoms with van der Waals surface area (Å²) in [6, 6.07) is 16.6. The molecule has 1 atom stereocenters. The molecule has 0 bridgehead atoms. The second-order valence-electron chi connectivity index (χ2n) is 7.93. The molecule has 1 aromatic heterocycles. The number of carbonyl (C=O) groups excluding carboxylic acids is 3. The molecule has 10 heteroatoms. The maximum atomic E-state index is 13.6. The van der Waals surface area contributed by atoms with Crippen LogP contribution >= 0.6 is 23.6 Å². The third kappa shape index (κ3) is 5.55. The number of nitrogens with one attached hydrogen (secondary N) is 1. The van der Waals surface area contributed by atoms with Crippen molar-refractivity contribution in [3.05, 3.63) is 76.5 Å². The Morgan fingerprint density at radius 3 is 2.42 bits per heavy atom. The quantitative estimate of drug-likeness (QED) is 0.327. The Balaban J connectivity index is 1.55. The number of methoxy groups -OCH3 is 1. The number of esters is 1. The lowest BCUT2D eigenvalue weighted by molar-refractivity contribution is -0.124. The van der Waals surface area contributed by atoms with E-state index in [0.29, 0.717) is 34.3 Å². The minimum atomic E-state index is -0.775. The second-order valence-corrected chi connectivity index (χ2v) is 9.32. The highest BCUT2D eigenvalue weighted by Crippen LogP contribution is 2.30. The molecule has 3 aromatic rings. The van der Waals surface area contributed by atoms with Crippen LogP contribution in [0.4, 0.5) is 11.4 Å². The number of nitrogens with zero attached hydrogens (tertiary/aromatic N) is 2. The lowest BCUT2D eigenvalue weighted by Gasteiger charge is -2.23. The highest BCUT2D eigenvalue weighted by Gasteiger charge is 2.44. The van der Waals surface area contributed by atoms with Gasteiger partial charge in [-0.05, 0) is 79.1 Å². The summed E-state index contributed by atoms with van der Waals surface area (Å²) in [5.74, 6) is -0.370. The first-order valence-corrected chi connectivity index (χ1v) is 12.6. The molecule has 1 N–H and O–H groups in total. The van der Waals surface area contributed by atoms with E-state index in [1.165, 1.54) is 4.90 Å². The van der Waals surface area contributed by atoms with Crippen molar-refractivity contribution in [2.45, 2.75) is 25.9 Å². The first kappa shape index (κ1) is 25.3. The molecule has 36 heavy (non-hydrogen) atoms. The minimum absolute atomic E-state index is 0.0756. The number of anilines is 2. The van der Waals surface area contributed by atoms with Crippen LogP contribution in [-0.4, -0.2) is 47.6 Å². The fourth-order valence-corrected chi connectivity index (χ4v) is 4.93. The third-order valence-corrected chi connectivity index (χ3v) is 6.89. The first-order valence-electron chi connectivity index (χ1n) is 11.3. The van der Waals surface area contributed by atoms with Crippen molar-refractivity contribution in [3.63, 3.8) is 0 Å². The van der Waals surface area contributed by atoms with Crippen LogP contribution in [0.5, 0.6) is 5.75 Å². The summed E-state index contributed by atoms with van der Waals surface area (Å²) in [7, 11) is 1.57. The molecule has 186 valence electrons. The highest BCUT2D eigenvalue weighted by molar-refractivity contribution is 7.80. The first-order chi connectivity index (χ1) is 17.4. The van der Waals surface area contributed by atoms with Gasteiger partial charge < -0.3 is 19.7 Å². The molecule has 0 radical (unpaired) electrons. The molecular weight excluding hydrogens is 498 g/mol.